The number of para-hydroxylation sites is 3. The Bertz CT molecular complexity index is 5210. The van der Waals surface area contributed by atoms with E-state index in [1.54, 1.807) is 12.1 Å². The lowest BCUT2D eigenvalue weighted by atomic mass is 10.0. The fraction of sp³-hybridized carbons (Fsp3) is 0. The number of hydrogen-bond donors (Lipinski definition) is 0. The van der Waals surface area contributed by atoms with Crippen molar-refractivity contribution in [2.75, 3.05) is 0 Å². The van der Waals surface area contributed by atoms with E-state index in [0.29, 0.717) is 0 Å². The molecule has 0 N–H and O–H groups in total. The summed E-state index contributed by atoms with van der Waals surface area (Å²) in [6, 6.07) is 19.5. The van der Waals surface area contributed by atoms with Crippen LogP contribution in [0.15, 0.2) is 254 Å². The second-order valence-corrected chi connectivity index (χ2v) is 20.6. The lowest BCUT2D eigenvalue weighted by Crippen LogP contribution is -2.74. The van der Waals surface area contributed by atoms with Gasteiger partial charge in [0.25, 0.3) is 0 Å². The molecule has 6 heteroatoms. The molecule has 13 aromatic rings. The molecule has 4 nitrogen and oxygen atoms in total. The minimum atomic E-state index is -3.22. The molecule has 10 aromatic carbocycles. The van der Waals surface area contributed by atoms with Crippen LogP contribution < -0.4 is 20.7 Å². The van der Waals surface area contributed by atoms with Crippen LogP contribution in [0.1, 0.15) is 31.5 Å². The molecule has 0 amide bonds. The summed E-state index contributed by atoms with van der Waals surface area (Å²) in [5, 5.41) is 2.80. The van der Waals surface area contributed by atoms with E-state index in [9.17, 15) is 15.1 Å². The Balaban J connectivity index is 1.15. The summed E-state index contributed by atoms with van der Waals surface area (Å²) in [4.78, 5) is 14.5. The molecule has 0 saturated heterocycles. The Morgan fingerprint density at radius 1 is 0.362 bits per heavy atom. The van der Waals surface area contributed by atoms with Crippen LogP contribution in [0.3, 0.4) is 0 Å². The van der Waals surface area contributed by atoms with Gasteiger partial charge in [-0.2, -0.15) is 0 Å². The highest BCUT2D eigenvalue weighted by molar-refractivity contribution is 7.25. The van der Waals surface area contributed by atoms with Crippen molar-refractivity contribution in [3.05, 3.63) is 254 Å². The van der Waals surface area contributed by atoms with Crippen LogP contribution in [0.2, 0.25) is 0 Å². The maximum Gasteiger partial charge on any atom is 0.179 e. The molecule has 69 heavy (non-hydrogen) atoms. The lowest BCUT2D eigenvalue weighted by Gasteiger charge is -2.34. The zero-order valence-corrected chi connectivity index (χ0v) is 37.5. The first-order valence-corrected chi connectivity index (χ1v) is 24.3. The fourth-order valence-corrected chi connectivity index (χ4v) is 14.7. The standard InChI is InChI=1S/C63H42N4SSi/c1-4-21-47(22-5-1)69(48-23-6-2-7-24-48,49-25-8-3-9-26-49)50-38-35-43(36-39-50)61-64-62(46-20-18-19-44(41-46)45-37-40-54-53-29-13-17-34-59(53)68-60(54)42-45)66-63(65-61)55-30-12-16-33-58(55)67-56-31-14-10-27-51(56)52-28-11-15-32-57(52)67/h1-42H/i10D,11D,12D,13D,14D,15D,16D,17D,18D,19D,20D,27D,28D,29D,30D,31D,32D,33D,34D,37D,40D,41D,42D. The molecule has 0 aliphatic rings. The average Bonchev–Trinajstić information content (AvgIpc) is 1.50. The average molecular weight is 938 g/mol. The van der Waals surface area contributed by atoms with E-state index in [1.807, 2.05) is 66.7 Å². The zero-order chi connectivity index (χ0) is 65.7. The Morgan fingerprint density at radius 2 is 0.855 bits per heavy atom. The predicted octanol–water partition coefficient (Wildman–Crippen LogP) is 13.4. The van der Waals surface area contributed by atoms with Crippen LogP contribution in [0.4, 0.5) is 0 Å². The highest BCUT2D eigenvalue weighted by Crippen LogP contribution is 2.39. The summed E-state index contributed by atoms with van der Waals surface area (Å²) in [5.74, 6) is -1.62. The van der Waals surface area contributed by atoms with Gasteiger partial charge in [0.2, 0.25) is 0 Å². The van der Waals surface area contributed by atoms with Gasteiger partial charge in [0.05, 0.1) is 48.2 Å². The first kappa shape index (κ1) is 23.4. The largest absolute Gasteiger partial charge is 0.309 e. The molecular weight excluding hydrogens is 873 g/mol. The van der Waals surface area contributed by atoms with Crippen molar-refractivity contribution in [2.45, 2.75) is 0 Å². The van der Waals surface area contributed by atoms with Crippen LogP contribution in [0, 0.1) is 0 Å². The predicted molar refractivity (Wildman–Crippen MR) is 292 cm³/mol. The van der Waals surface area contributed by atoms with Gasteiger partial charge in [0, 0.05) is 47.6 Å². The van der Waals surface area contributed by atoms with E-state index in [0.717, 1.165) is 36.7 Å². The molecule has 13 rings (SSSR count). The maximum atomic E-state index is 10.0. The SMILES string of the molecule is [2H]c1c([2H])c(-c2nc(-c3ccc([Si](c4ccccc4)(c4ccccc4)c4ccccc4)cc3)nc(-c3c([2H])c([2H])c([2H])c([2H])c3-n3c4c([2H])c([2H])c([2H])c([2H])c4c4c([2H])c([2H])c([2H])c([2H])c43)n2)c([2H])c(-c2c([2H])c([2H])c3c(sc4c([2H])c([2H])c([2H])c([2H])c43)c2[2H])c1[2H]. The van der Waals surface area contributed by atoms with E-state index in [2.05, 4.69) is 36.4 Å². The number of aromatic nitrogens is 4. The number of benzene rings is 10. The molecule has 324 valence electrons. The van der Waals surface area contributed by atoms with Crippen molar-refractivity contribution in [3.63, 3.8) is 0 Å². The molecule has 0 aliphatic carbocycles. The molecule has 3 aromatic heterocycles. The number of rotatable bonds is 9. The van der Waals surface area contributed by atoms with Crippen LogP contribution in [0.5, 0.6) is 0 Å². The van der Waals surface area contributed by atoms with Crippen LogP contribution in [-0.4, -0.2) is 27.6 Å². The van der Waals surface area contributed by atoms with Gasteiger partial charge in [-0.1, -0.05) is 212 Å². The Labute approximate surface area is 437 Å². The fourth-order valence-electron chi connectivity index (χ4n) is 8.95. The van der Waals surface area contributed by atoms with E-state index in [4.69, 9.17) is 31.4 Å². The molecular formula is C63H42N4SSi. The Kier molecular flexibility index (Phi) is 5.76. The highest BCUT2D eigenvalue weighted by atomic mass is 32.1. The van der Waals surface area contributed by atoms with Gasteiger partial charge < -0.3 is 4.57 Å². The molecule has 0 spiro atoms. The third-order valence-electron chi connectivity index (χ3n) is 12.0. The van der Waals surface area contributed by atoms with Gasteiger partial charge >= 0.3 is 0 Å². The highest BCUT2D eigenvalue weighted by Gasteiger charge is 2.41. The molecule has 0 aliphatic heterocycles. The van der Waals surface area contributed by atoms with Crippen molar-refractivity contribution < 1.29 is 31.5 Å². The first-order valence-electron chi connectivity index (χ1n) is 33.0. The number of hydrogen-bond acceptors (Lipinski definition) is 4. The lowest BCUT2D eigenvalue weighted by molar-refractivity contribution is 1.06. The van der Waals surface area contributed by atoms with Gasteiger partial charge in [0.15, 0.2) is 25.5 Å². The second kappa shape index (κ2) is 17.0. The van der Waals surface area contributed by atoms with Gasteiger partial charge in [-0.25, -0.2) is 15.0 Å². The van der Waals surface area contributed by atoms with Crippen molar-refractivity contribution in [1.29, 1.82) is 0 Å². The van der Waals surface area contributed by atoms with Crippen molar-refractivity contribution in [2.24, 2.45) is 0 Å². The van der Waals surface area contributed by atoms with Crippen LogP contribution >= 0.6 is 11.3 Å². The van der Waals surface area contributed by atoms with E-state index in [-0.39, 0.29) is 31.6 Å². The Hall–Kier alpha value is -8.55. The summed E-state index contributed by atoms with van der Waals surface area (Å²) in [5.41, 5.74) is -3.99. The van der Waals surface area contributed by atoms with E-state index in [1.165, 1.54) is 0 Å². The normalized spacial score (nSPS) is 16.4. The molecule has 0 radical (unpaired) electrons. The molecule has 0 saturated carbocycles. The zero-order valence-electron chi connectivity index (χ0n) is 58.7. The van der Waals surface area contributed by atoms with E-state index < -0.39 is 208 Å². The summed E-state index contributed by atoms with van der Waals surface area (Å²) in [7, 11) is -3.22. The van der Waals surface area contributed by atoms with Gasteiger partial charge in [-0.05, 0) is 74.2 Å². The monoisotopic (exact) mass is 937 g/mol. The smallest absolute Gasteiger partial charge is 0.179 e. The van der Waals surface area contributed by atoms with Gasteiger partial charge in [-0.3, -0.25) is 0 Å². The summed E-state index contributed by atoms with van der Waals surface area (Å²) >= 11 is 0.727. The minimum Gasteiger partial charge on any atom is -0.309 e. The van der Waals surface area contributed by atoms with Crippen LogP contribution in [-0.2, 0) is 0 Å². The summed E-state index contributed by atoms with van der Waals surface area (Å²) in [6.45, 7) is 0. The third-order valence-corrected chi connectivity index (χ3v) is 17.8. The minimum absolute atomic E-state index is 0.0310. The van der Waals surface area contributed by atoms with Crippen molar-refractivity contribution in [1.82, 2.24) is 19.5 Å². The van der Waals surface area contributed by atoms with Gasteiger partial charge in [0.1, 0.15) is 0 Å². The molecule has 0 atom stereocenters. The third kappa shape index (κ3) is 6.91. The quantitative estimate of drug-likeness (QED) is 0.107. The molecule has 0 bridgehead atoms. The van der Waals surface area contributed by atoms with Crippen LogP contribution in [0.25, 0.3) is 93.0 Å². The number of nitrogens with zero attached hydrogens (tertiary/aromatic N) is 4. The number of thiophene rings is 1. The first-order chi connectivity index (χ1) is 43.8. The number of fused-ring (bicyclic) bond motifs is 6. The summed E-state index contributed by atoms with van der Waals surface area (Å²) in [6.07, 6.45) is 0. The Morgan fingerprint density at radius 3 is 1.51 bits per heavy atom. The molecule has 0 fully saturated rings. The van der Waals surface area contributed by atoms with Crippen molar-refractivity contribution >= 4 is 82.1 Å². The van der Waals surface area contributed by atoms with Gasteiger partial charge in [-0.15, -0.1) is 11.3 Å². The summed E-state index contributed by atoms with van der Waals surface area (Å²) < 4.78 is 211. The van der Waals surface area contributed by atoms with Crippen molar-refractivity contribution in [3.8, 4) is 51.0 Å². The topological polar surface area (TPSA) is 43.6 Å². The van der Waals surface area contributed by atoms with E-state index >= 15 is 0 Å². The molecule has 0 unspecified atom stereocenters. The second-order valence-electron chi connectivity index (χ2n) is 15.7. The maximum absolute atomic E-state index is 10.0. The molecule has 3 heterocycles.